The molecule has 3 N–H and O–H groups in total. The molecule has 2 heterocycles. The summed E-state index contributed by atoms with van der Waals surface area (Å²) in [4.78, 5) is 16.0. The second-order valence-corrected chi connectivity index (χ2v) is 7.40. The van der Waals surface area contributed by atoms with Crippen LogP contribution >= 0.6 is 11.3 Å². The molecule has 0 unspecified atom stereocenters. The fourth-order valence-corrected chi connectivity index (χ4v) is 4.34. The Balaban J connectivity index is 1.36. The van der Waals surface area contributed by atoms with Crippen molar-refractivity contribution in [2.24, 2.45) is 0 Å². The standard InChI is InChI=1S/C17H16F3N5OS/c18-17(19,20)14-8-27-15(24-14)9-4-5-10(6-9)22-16(26)23-12-2-1-3-13-11(12)7-21-25-13/h1-3,7-10H,4-6H2,(H,21,25)(H2,22,23,26)/t9-,10-/m1/s1. The zero-order valence-corrected chi connectivity index (χ0v) is 14.8. The third-order valence-corrected chi connectivity index (χ3v) is 5.67. The molecule has 27 heavy (non-hydrogen) atoms. The Hall–Kier alpha value is -2.62. The average molecular weight is 395 g/mol. The summed E-state index contributed by atoms with van der Waals surface area (Å²) in [6.07, 6.45) is -0.799. The third kappa shape index (κ3) is 3.75. The van der Waals surface area contributed by atoms with Gasteiger partial charge < -0.3 is 10.6 Å². The van der Waals surface area contributed by atoms with Crippen molar-refractivity contribution in [1.82, 2.24) is 20.5 Å². The lowest BCUT2D eigenvalue weighted by molar-refractivity contribution is -0.140. The van der Waals surface area contributed by atoms with Crippen LogP contribution in [0.15, 0.2) is 29.8 Å². The summed E-state index contributed by atoms with van der Waals surface area (Å²) in [7, 11) is 0. The maximum atomic E-state index is 12.7. The van der Waals surface area contributed by atoms with Crippen molar-refractivity contribution >= 4 is 34.0 Å². The van der Waals surface area contributed by atoms with Gasteiger partial charge >= 0.3 is 12.2 Å². The van der Waals surface area contributed by atoms with E-state index in [1.807, 2.05) is 12.1 Å². The maximum absolute atomic E-state index is 12.7. The molecule has 1 aliphatic carbocycles. The van der Waals surface area contributed by atoms with Crippen molar-refractivity contribution in [3.05, 3.63) is 40.5 Å². The average Bonchev–Trinajstić information content (AvgIpc) is 3.34. The lowest BCUT2D eigenvalue weighted by atomic mass is 10.1. The molecule has 2 atom stereocenters. The number of urea groups is 1. The number of rotatable bonds is 3. The summed E-state index contributed by atoms with van der Waals surface area (Å²) in [5.41, 5.74) is 0.617. The van der Waals surface area contributed by atoms with Crippen LogP contribution in [-0.4, -0.2) is 27.3 Å². The van der Waals surface area contributed by atoms with Crippen molar-refractivity contribution in [2.75, 3.05) is 5.32 Å². The smallest absolute Gasteiger partial charge is 0.335 e. The molecule has 4 rings (SSSR count). The van der Waals surface area contributed by atoms with E-state index in [1.54, 1.807) is 12.3 Å². The summed E-state index contributed by atoms with van der Waals surface area (Å²) in [5.74, 6) is -0.0614. The lowest BCUT2D eigenvalue weighted by Gasteiger charge is -2.14. The van der Waals surface area contributed by atoms with Crippen molar-refractivity contribution < 1.29 is 18.0 Å². The Morgan fingerprint density at radius 1 is 1.30 bits per heavy atom. The predicted octanol–water partition coefficient (Wildman–Crippen LogP) is 4.50. The van der Waals surface area contributed by atoms with Gasteiger partial charge in [0.25, 0.3) is 0 Å². The van der Waals surface area contributed by atoms with Gasteiger partial charge in [-0.1, -0.05) is 6.07 Å². The largest absolute Gasteiger partial charge is 0.434 e. The van der Waals surface area contributed by atoms with Crippen molar-refractivity contribution in [2.45, 2.75) is 37.4 Å². The number of anilines is 1. The minimum atomic E-state index is -4.42. The Bertz CT molecular complexity index is 967. The maximum Gasteiger partial charge on any atom is 0.434 e. The van der Waals surface area contributed by atoms with E-state index in [2.05, 4.69) is 25.8 Å². The summed E-state index contributed by atoms with van der Waals surface area (Å²) in [5, 5.41) is 14.8. The highest BCUT2D eigenvalue weighted by Gasteiger charge is 2.36. The van der Waals surface area contributed by atoms with E-state index in [1.165, 1.54) is 0 Å². The number of fused-ring (bicyclic) bond motifs is 1. The molecular weight excluding hydrogens is 379 g/mol. The van der Waals surface area contributed by atoms with Gasteiger partial charge in [0.05, 0.1) is 22.4 Å². The number of alkyl halides is 3. The first kappa shape index (κ1) is 17.8. The molecule has 0 saturated heterocycles. The van der Waals surface area contributed by atoms with E-state index in [0.29, 0.717) is 30.0 Å². The second kappa shape index (κ2) is 6.84. The van der Waals surface area contributed by atoms with Crippen LogP contribution in [0.3, 0.4) is 0 Å². The molecule has 1 saturated carbocycles. The second-order valence-electron chi connectivity index (χ2n) is 6.51. The Morgan fingerprint density at radius 2 is 2.15 bits per heavy atom. The van der Waals surface area contributed by atoms with Crippen molar-refractivity contribution in [3.8, 4) is 0 Å². The first-order chi connectivity index (χ1) is 12.9. The molecule has 2 aromatic heterocycles. The number of aromatic amines is 1. The fraction of sp³-hybridized carbons (Fsp3) is 0.353. The number of nitrogens with one attached hydrogen (secondary N) is 3. The summed E-state index contributed by atoms with van der Waals surface area (Å²) in [6.45, 7) is 0. The van der Waals surface area contributed by atoms with Gasteiger partial charge in [0.15, 0.2) is 5.69 Å². The third-order valence-electron chi connectivity index (χ3n) is 4.66. The van der Waals surface area contributed by atoms with Crippen LogP contribution in [-0.2, 0) is 6.18 Å². The van der Waals surface area contributed by atoms with Gasteiger partial charge in [0.1, 0.15) is 0 Å². The number of nitrogens with zero attached hydrogens (tertiary/aromatic N) is 2. The molecule has 1 aliphatic rings. The fourth-order valence-electron chi connectivity index (χ4n) is 3.36. The zero-order chi connectivity index (χ0) is 19.0. The van der Waals surface area contributed by atoms with Crippen molar-refractivity contribution in [3.63, 3.8) is 0 Å². The zero-order valence-electron chi connectivity index (χ0n) is 14.0. The first-order valence-corrected chi connectivity index (χ1v) is 9.30. The SMILES string of the molecule is O=C(Nc1cccc2[nH]ncc12)N[C@@H]1CC[C@@H](c2nc(C(F)(F)F)cs2)C1. The van der Waals surface area contributed by atoms with Gasteiger partial charge in [-0.05, 0) is 31.4 Å². The minimum Gasteiger partial charge on any atom is -0.335 e. The van der Waals surface area contributed by atoms with Gasteiger partial charge in [-0.15, -0.1) is 11.3 Å². The van der Waals surface area contributed by atoms with Gasteiger partial charge in [-0.25, -0.2) is 9.78 Å². The normalized spacial score (nSPS) is 20.1. The molecule has 1 fully saturated rings. The Labute approximate surface area is 156 Å². The van der Waals surface area contributed by atoms with E-state index >= 15 is 0 Å². The van der Waals surface area contributed by atoms with Gasteiger partial charge in [0, 0.05) is 22.7 Å². The number of halogens is 3. The molecule has 10 heteroatoms. The van der Waals surface area contributed by atoms with Crippen LogP contribution in [0.1, 0.15) is 35.9 Å². The quantitative estimate of drug-likeness (QED) is 0.611. The lowest BCUT2D eigenvalue weighted by Crippen LogP contribution is -2.36. The van der Waals surface area contributed by atoms with Crippen LogP contribution in [0.4, 0.5) is 23.7 Å². The molecule has 0 radical (unpaired) electrons. The van der Waals surface area contributed by atoms with Crippen LogP contribution in [0, 0.1) is 0 Å². The molecule has 2 amide bonds. The molecule has 6 nitrogen and oxygen atoms in total. The number of amides is 2. The van der Waals surface area contributed by atoms with E-state index in [9.17, 15) is 18.0 Å². The molecule has 142 valence electrons. The summed E-state index contributed by atoms with van der Waals surface area (Å²) >= 11 is 1.03. The van der Waals surface area contributed by atoms with E-state index < -0.39 is 11.9 Å². The number of H-pyrrole nitrogens is 1. The number of benzene rings is 1. The first-order valence-electron chi connectivity index (χ1n) is 8.42. The van der Waals surface area contributed by atoms with Gasteiger partial charge in [0.2, 0.25) is 0 Å². The van der Waals surface area contributed by atoms with Crippen molar-refractivity contribution in [1.29, 1.82) is 0 Å². The summed E-state index contributed by atoms with van der Waals surface area (Å²) in [6, 6.07) is 5.00. The summed E-state index contributed by atoms with van der Waals surface area (Å²) < 4.78 is 38.1. The predicted molar refractivity (Wildman–Crippen MR) is 95.7 cm³/mol. The van der Waals surface area contributed by atoms with E-state index in [-0.39, 0.29) is 18.0 Å². The number of hydrogen-bond acceptors (Lipinski definition) is 4. The number of carbonyl (C=O) groups excluding carboxylic acids is 1. The number of carbonyl (C=O) groups is 1. The van der Waals surface area contributed by atoms with Crippen LogP contribution in [0.25, 0.3) is 10.9 Å². The number of thiazole rings is 1. The van der Waals surface area contributed by atoms with E-state index in [0.717, 1.165) is 27.6 Å². The monoisotopic (exact) mass is 395 g/mol. The van der Waals surface area contributed by atoms with Crippen LogP contribution in [0.5, 0.6) is 0 Å². The van der Waals surface area contributed by atoms with E-state index in [4.69, 9.17) is 0 Å². The van der Waals surface area contributed by atoms with Gasteiger partial charge in [-0.2, -0.15) is 18.3 Å². The minimum absolute atomic E-state index is 0.0614. The number of aromatic nitrogens is 3. The Morgan fingerprint density at radius 3 is 2.93 bits per heavy atom. The highest BCUT2D eigenvalue weighted by Crippen LogP contribution is 2.38. The molecular formula is C17H16F3N5OS. The van der Waals surface area contributed by atoms with Gasteiger partial charge in [-0.3, -0.25) is 5.10 Å². The molecule has 0 spiro atoms. The number of hydrogen-bond donors (Lipinski definition) is 3. The molecule has 0 aliphatic heterocycles. The Kier molecular flexibility index (Phi) is 4.50. The highest BCUT2D eigenvalue weighted by atomic mass is 32.1. The topological polar surface area (TPSA) is 82.7 Å². The van der Waals surface area contributed by atoms with Crippen LogP contribution < -0.4 is 10.6 Å². The molecule has 1 aromatic carbocycles. The molecule has 3 aromatic rings. The van der Waals surface area contributed by atoms with Crippen LogP contribution in [0.2, 0.25) is 0 Å². The molecule has 0 bridgehead atoms. The highest BCUT2D eigenvalue weighted by molar-refractivity contribution is 7.09.